The highest BCUT2D eigenvalue weighted by Crippen LogP contribution is 2.14. The lowest BCUT2D eigenvalue weighted by Gasteiger charge is -2.16. The van der Waals surface area contributed by atoms with Gasteiger partial charge in [0.15, 0.2) is 0 Å². The molecule has 0 saturated heterocycles. The molecule has 2 aromatic carbocycles. The van der Waals surface area contributed by atoms with E-state index in [1.54, 1.807) is 6.07 Å². The van der Waals surface area contributed by atoms with Crippen LogP contribution in [0.25, 0.3) is 10.9 Å². The molecule has 0 bridgehead atoms. The number of amides is 1. The molecular weight excluding hydrogens is 329 g/mol. The summed E-state index contributed by atoms with van der Waals surface area (Å²) in [5.74, 6) is -1.63. The molecule has 8 heteroatoms. The van der Waals surface area contributed by atoms with Crippen LogP contribution in [-0.2, 0) is 6.54 Å². The number of para-hydroxylation sites is 1. The molecule has 0 aliphatic heterocycles. The first-order valence-electron chi connectivity index (χ1n) is 7.35. The maximum absolute atomic E-state index is 13.2. The fourth-order valence-corrected chi connectivity index (χ4v) is 2.59. The SMILES string of the molecule is CN(Cc1cccc(F)c1)C(=O)n1[nH]c2c(C(=O)O)cccc2c1=O. The second kappa shape index (κ2) is 6.23. The molecule has 1 aromatic heterocycles. The number of carboxylic acids is 1. The second-order valence-electron chi connectivity index (χ2n) is 5.55. The molecule has 25 heavy (non-hydrogen) atoms. The third kappa shape index (κ3) is 3.01. The van der Waals surface area contributed by atoms with Crippen molar-refractivity contribution in [3.8, 4) is 0 Å². The molecule has 0 saturated carbocycles. The number of nitrogens with one attached hydrogen (secondary N) is 1. The smallest absolute Gasteiger partial charge is 0.346 e. The summed E-state index contributed by atoms with van der Waals surface area (Å²) in [6.45, 7) is 0.0875. The number of fused-ring (bicyclic) bond motifs is 1. The number of carboxylic acid groups (broad SMARTS) is 1. The first kappa shape index (κ1) is 16.4. The molecule has 2 N–H and O–H groups in total. The normalized spacial score (nSPS) is 10.8. The average Bonchev–Trinajstić information content (AvgIpc) is 2.91. The molecule has 1 amide bonds. The molecule has 3 aromatic rings. The average molecular weight is 343 g/mol. The van der Waals surface area contributed by atoms with Crippen LogP contribution < -0.4 is 5.56 Å². The highest BCUT2D eigenvalue weighted by atomic mass is 19.1. The van der Waals surface area contributed by atoms with Gasteiger partial charge >= 0.3 is 12.0 Å². The highest BCUT2D eigenvalue weighted by Gasteiger charge is 2.20. The largest absolute Gasteiger partial charge is 0.478 e. The van der Waals surface area contributed by atoms with Gasteiger partial charge in [-0.2, -0.15) is 4.68 Å². The van der Waals surface area contributed by atoms with Crippen LogP contribution in [0, 0.1) is 5.82 Å². The van der Waals surface area contributed by atoms with Gasteiger partial charge in [0.25, 0.3) is 5.56 Å². The Kier molecular flexibility index (Phi) is 4.10. The standard InChI is InChI=1S/C17H14FN3O4/c1-20(9-10-4-2-5-11(18)8-10)17(25)21-15(22)12-6-3-7-13(16(23)24)14(12)19-21/h2-8,19H,9H2,1H3,(H,23,24). The number of rotatable bonds is 3. The van der Waals surface area contributed by atoms with Gasteiger partial charge in [-0.3, -0.25) is 9.89 Å². The van der Waals surface area contributed by atoms with Crippen molar-refractivity contribution < 1.29 is 19.1 Å². The van der Waals surface area contributed by atoms with Crippen LogP contribution in [0.2, 0.25) is 0 Å². The molecule has 7 nitrogen and oxygen atoms in total. The van der Waals surface area contributed by atoms with E-state index in [0.717, 1.165) is 4.68 Å². The van der Waals surface area contributed by atoms with Crippen LogP contribution in [0.1, 0.15) is 15.9 Å². The molecular formula is C17H14FN3O4. The van der Waals surface area contributed by atoms with Gasteiger partial charge < -0.3 is 10.0 Å². The summed E-state index contributed by atoms with van der Waals surface area (Å²) in [6.07, 6.45) is 0. The van der Waals surface area contributed by atoms with Crippen LogP contribution in [0.3, 0.4) is 0 Å². The van der Waals surface area contributed by atoms with Gasteiger partial charge in [0.05, 0.1) is 16.5 Å². The van der Waals surface area contributed by atoms with Gasteiger partial charge in [-0.25, -0.2) is 14.0 Å². The number of benzene rings is 2. The Morgan fingerprint density at radius 2 is 1.96 bits per heavy atom. The molecule has 0 atom stereocenters. The molecule has 0 unspecified atom stereocenters. The Bertz CT molecular complexity index is 1040. The molecule has 0 aliphatic carbocycles. The van der Waals surface area contributed by atoms with Crippen molar-refractivity contribution in [2.24, 2.45) is 0 Å². The fourth-order valence-electron chi connectivity index (χ4n) is 2.59. The first-order valence-corrected chi connectivity index (χ1v) is 7.35. The van der Waals surface area contributed by atoms with Crippen LogP contribution in [0.4, 0.5) is 9.18 Å². The molecule has 0 radical (unpaired) electrons. The fraction of sp³-hybridized carbons (Fsp3) is 0.118. The number of carbonyl (C=O) groups excluding carboxylic acids is 1. The Labute approximate surface area is 140 Å². The molecule has 1 heterocycles. The molecule has 0 aliphatic rings. The van der Waals surface area contributed by atoms with Crippen molar-refractivity contribution in [1.82, 2.24) is 14.7 Å². The van der Waals surface area contributed by atoms with E-state index in [4.69, 9.17) is 0 Å². The number of H-pyrrole nitrogens is 1. The summed E-state index contributed by atoms with van der Waals surface area (Å²) >= 11 is 0. The maximum atomic E-state index is 13.2. The van der Waals surface area contributed by atoms with Crippen LogP contribution in [0.15, 0.2) is 47.3 Å². The number of nitrogens with zero attached hydrogens (tertiary/aromatic N) is 2. The van der Waals surface area contributed by atoms with E-state index in [2.05, 4.69) is 5.10 Å². The Balaban J connectivity index is 1.97. The predicted molar refractivity (Wildman–Crippen MR) is 88.2 cm³/mol. The van der Waals surface area contributed by atoms with Crippen molar-refractivity contribution >= 4 is 22.9 Å². The summed E-state index contributed by atoms with van der Waals surface area (Å²) in [5.41, 5.74) is -0.109. The zero-order chi connectivity index (χ0) is 18.1. The van der Waals surface area contributed by atoms with Gasteiger partial charge in [-0.05, 0) is 29.8 Å². The number of aromatic carboxylic acids is 1. The number of halogens is 1. The number of aromatic nitrogens is 2. The van der Waals surface area contributed by atoms with Crippen LogP contribution >= 0.6 is 0 Å². The monoisotopic (exact) mass is 343 g/mol. The van der Waals surface area contributed by atoms with Gasteiger partial charge in [-0.15, -0.1) is 0 Å². The first-order chi connectivity index (χ1) is 11.9. The van der Waals surface area contributed by atoms with Crippen molar-refractivity contribution in [2.45, 2.75) is 6.54 Å². The van der Waals surface area contributed by atoms with Gasteiger partial charge in [0.2, 0.25) is 0 Å². The molecule has 3 rings (SSSR count). The summed E-state index contributed by atoms with van der Waals surface area (Å²) in [7, 11) is 1.46. The van der Waals surface area contributed by atoms with Gasteiger partial charge in [0.1, 0.15) is 5.82 Å². The van der Waals surface area contributed by atoms with Crippen molar-refractivity contribution in [3.05, 3.63) is 69.8 Å². The lowest BCUT2D eigenvalue weighted by atomic mass is 10.1. The zero-order valence-corrected chi connectivity index (χ0v) is 13.2. The minimum absolute atomic E-state index is 0.0764. The predicted octanol–water partition coefficient (Wildman–Crippen LogP) is 2.27. The van der Waals surface area contributed by atoms with E-state index < -0.39 is 23.4 Å². The minimum atomic E-state index is -1.21. The zero-order valence-electron chi connectivity index (χ0n) is 13.2. The summed E-state index contributed by atoms with van der Waals surface area (Å²) in [5, 5.41) is 11.8. The molecule has 128 valence electrons. The molecule has 0 fully saturated rings. The Hall–Kier alpha value is -3.42. The third-order valence-corrected chi connectivity index (χ3v) is 3.78. The van der Waals surface area contributed by atoms with E-state index in [1.165, 1.54) is 48.3 Å². The Morgan fingerprint density at radius 1 is 1.24 bits per heavy atom. The third-order valence-electron chi connectivity index (χ3n) is 3.78. The minimum Gasteiger partial charge on any atom is -0.478 e. The topological polar surface area (TPSA) is 95.4 Å². The summed E-state index contributed by atoms with van der Waals surface area (Å²) in [6, 6.07) is 9.30. The van der Waals surface area contributed by atoms with Gasteiger partial charge in [0, 0.05) is 13.6 Å². The number of aromatic amines is 1. The highest BCUT2D eigenvalue weighted by molar-refractivity contribution is 6.02. The van der Waals surface area contributed by atoms with Crippen LogP contribution in [0.5, 0.6) is 0 Å². The van der Waals surface area contributed by atoms with E-state index in [1.807, 2.05) is 0 Å². The number of hydrogen-bond acceptors (Lipinski definition) is 3. The summed E-state index contributed by atoms with van der Waals surface area (Å²) < 4.78 is 14.0. The Morgan fingerprint density at radius 3 is 2.64 bits per heavy atom. The van der Waals surface area contributed by atoms with E-state index in [9.17, 15) is 23.9 Å². The quantitative estimate of drug-likeness (QED) is 0.762. The maximum Gasteiger partial charge on any atom is 0.346 e. The number of carbonyl (C=O) groups is 2. The molecule has 0 spiro atoms. The van der Waals surface area contributed by atoms with E-state index in [-0.39, 0.29) is 23.0 Å². The van der Waals surface area contributed by atoms with Gasteiger partial charge in [-0.1, -0.05) is 18.2 Å². The van der Waals surface area contributed by atoms with Crippen LogP contribution in [-0.4, -0.2) is 38.8 Å². The lowest BCUT2D eigenvalue weighted by Crippen LogP contribution is -2.36. The van der Waals surface area contributed by atoms with E-state index in [0.29, 0.717) is 5.56 Å². The summed E-state index contributed by atoms with van der Waals surface area (Å²) in [4.78, 5) is 37.4. The van der Waals surface area contributed by atoms with Crippen molar-refractivity contribution in [3.63, 3.8) is 0 Å². The van der Waals surface area contributed by atoms with E-state index >= 15 is 0 Å². The number of hydrogen-bond donors (Lipinski definition) is 2. The van der Waals surface area contributed by atoms with Crippen molar-refractivity contribution in [2.75, 3.05) is 7.05 Å². The lowest BCUT2D eigenvalue weighted by molar-refractivity contribution is 0.0698. The second-order valence-corrected chi connectivity index (χ2v) is 5.55. The van der Waals surface area contributed by atoms with Crippen molar-refractivity contribution in [1.29, 1.82) is 0 Å².